The summed E-state index contributed by atoms with van der Waals surface area (Å²) in [5, 5.41) is 0. The lowest BCUT2D eigenvalue weighted by molar-refractivity contribution is -0.136. The van der Waals surface area contributed by atoms with Crippen LogP contribution in [0.1, 0.15) is 42.6 Å². The number of nitrogen functional groups attached to an aromatic ring is 1. The van der Waals surface area contributed by atoms with Crippen molar-refractivity contribution in [3.8, 4) is 0 Å². The number of alkyl halides is 3. The fraction of sp³-hybridized carbons (Fsp3) is 0.500. The zero-order valence-corrected chi connectivity index (χ0v) is 11.6. The van der Waals surface area contributed by atoms with Crippen molar-refractivity contribution in [2.75, 3.05) is 18.8 Å². The molecule has 0 aliphatic heterocycles. The van der Waals surface area contributed by atoms with Gasteiger partial charge in [-0.25, -0.2) is 0 Å². The number of hydrogen-bond donors (Lipinski definition) is 1. The highest BCUT2D eigenvalue weighted by Gasteiger charge is 2.33. The predicted octanol–water partition coefficient (Wildman–Crippen LogP) is 3.55. The second-order valence-electron chi connectivity index (χ2n) is 4.54. The zero-order valence-electron chi connectivity index (χ0n) is 11.6. The molecule has 0 aliphatic carbocycles. The Morgan fingerprint density at radius 2 is 1.95 bits per heavy atom. The third kappa shape index (κ3) is 3.88. The molecule has 0 bridgehead atoms. The van der Waals surface area contributed by atoms with E-state index in [0.717, 1.165) is 25.0 Å². The van der Waals surface area contributed by atoms with Crippen LogP contribution < -0.4 is 5.73 Å². The molecular formula is C14H19F3N2O. The summed E-state index contributed by atoms with van der Waals surface area (Å²) in [6.07, 6.45) is -2.82. The van der Waals surface area contributed by atoms with Crippen LogP contribution in [0.25, 0.3) is 0 Å². The smallest absolute Gasteiger partial charge is 0.398 e. The summed E-state index contributed by atoms with van der Waals surface area (Å²) in [5.41, 5.74) is 4.00. The van der Waals surface area contributed by atoms with Crippen LogP contribution in [0.5, 0.6) is 0 Å². The number of unbranched alkanes of at least 4 members (excludes halogenated alkanes) is 1. The van der Waals surface area contributed by atoms with Crippen molar-refractivity contribution in [3.05, 3.63) is 29.3 Å². The predicted molar refractivity (Wildman–Crippen MR) is 72.3 cm³/mol. The van der Waals surface area contributed by atoms with Crippen LogP contribution >= 0.6 is 0 Å². The molecule has 0 radical (unpaired) electrons. The Kier molecular flexibility index (Phi) is 5.42. The maximum atomic E-state index is 12.8. The van der Waals surface area contributed by atoms with Gasteiger partial charge in [0.1, 0.15) is 0 Å². The number of rotatable bonds is 5. The standard InChI is InChI=1S/C14H19F3N2O/c1-3-5-8-19(4-2)13(20)10-6-7-12(18)11(9-10)14(15,16)17/h6-7,9H,3-5,8,18H2,1-2H3. The molecule has 6 heteroatoms. The molecule has 0 saturated carbocycles. The van der Waals surface area contributed by atoms with Crippen molar-refractivity contribution in [3.63, 3.8) is 0 Å². The molecular weight excluding hydrogens is 269 g/mol. The number of carbonyl (C=O) groups excluding carboxylic acids is 1. The zero-order chi connectivity index (χ0) is 15.3. The van der Waals surface area contributed by atoms with E-state index in [2.05, 4.69) is 0 Å². The summed E-state index contributed by atoms with van der Waals surface area (Å²) >= 11 is 0. The fourth-order valence-corrected chi connectivity index (χ4v) is 1.87. The molecule has 3 nitrogen and oxygen atoms in total. The van der Waals surface area contributed by atoms with Gasteiger partial charge in [-0.3, -0.25) is 4.79 Å². The summed E-state index contributed by atoms with van der Waals surface area (Å²) in [7, 11) is 0. The number of carbonyl (C=O) groups is 1. The first-order chi connectivity index (χ1) is 9.31. The van der Waals surface area contributed by atoms with Gasteiger partial charge in [0.05, 0.1) is 5.56 Å². The molecule has 0 aliphatic rings. The minimum Gasteiger partial charge on any atom is -0.398 e. The SMILES string of the molecule is CCCCN(CC)C(=O)c1ccc(N)c(C(F)(F)F)c1. The quantitative estimate of drug-likeness (QED) is 0.842. The monoisotopic (exact) mass is 288 g/mol. The van der Waals surface area contributed by atoms with Crippen molar-refractivity contribution in [2.24, 2.45) is 0 Å². The lowest BCUT2D eigenvalue weighted by atomic mass is 10.1. The molecule has 0 spiro atoms. The highest BCUT2D eigenvalue weighted by Crippen LogP contribution is 2.34. The van der Waals surface area contributed by atoms with Crippen molar-refractivity contribution in [1.29, 1.82) is 0 Å². The second kappa shape index (κ2) is 6.63. The average molecular weight is 288 g/mol. The number of halogens is 3. The van der Waals surface area contributed by atoms with E-state index in [9.17, 15) is 18.0 Å². The van der Waals surface area contributed by atoms with Crippen LogP contribution in [0.15, 0.2) is 18.2 Å². The summed E-state index contributed by atoms with van der Waals surface area (Å²) < 4.78 is 38.3. The lowest BCUT2D eigenvalue weighted by Gasteiger charge is -2.21. The van der Waals surface area contributed by atoms with E-state index < -0.39 is 17.6 Å². The summed E-state index contributed by atoms with van der Waals surface area (Å²) in [6, 6.07) is 3.29. The first-order valence-electron chi connectivity index (χ1n) is 6.57. The first kappa shape index (κ1) is 16.3. The number of hydrogen-bond acceptors (Lipinski definition) is 2. The van der Waals surface area contributed by atoms with Gasteiger partial charge in [0.15, 0.2) is 0 Å². The minimum absolute atomic E-state index is 0.0180. The summed E-state index contributed by atoms with van der Waals surface area (Å²) in [4.78, 5) is 13.7. The molecule has 1 amide bonds. The van der Waals surface area contributed by atoms with E-state index in [4.69, 9.17) is 5.73 Å². The van der Waals surface area contributed by atoms with Crippen molar-refractivity contribution < 1.29 is 18.0 Å². The van der Waals surface area contributed by atoms with Crippen LogP contribution in [0.3, 0.4) is 0 Å². The van der Waals surface area contributed by atoms with Gasteiger partial charge in [-0.05, 0) is 31.5 Å². The molecule has 0 atom stereocenters. The molecule has 1 rings (SSSR count). The molecule has 20 heavy (non-hydrogen) atoms. The Balaban J connectivity index is 3.04. The van der Waals surface area contributed by atoms with Crippen LogP contribution in [0.2, 0.25) is 0 Å². The van der Waals surface area contributed by atoms with Gasteiger partial charge in [0.25, 0.3) is 5.91 Å². The highest BCUT2D eigenvalue weighted by atomic mass is 19.4. The Morgan fingerprint density at radius 1 is 1.30 bits per heavy atom. The average Bonchev–Trinajstić information content (AvgIpc) is 2.38. The molecule has 112 valence electrons. The Morgan fingerprint density at radius 3 is 2.45 bits per heavy atom. The van der Waals surface area contributed by atoms with Gasteiger partial charge < -0.3 is 10.6 Å². The minimum atomic E-state index is -4.55. The van der Waals surface area contributed by atoms with Crippen molar-refractivity contribution in [1.82, 2.24) is 4.90 Å². The molecule has 0 heterocycles. The molecule has 2 N–H and O–H groups in total. The lowest BCUT2D eigenvalue weighted by Crippen LogP contribution is -2.32. The van der Waals surface area contributed by atoms with Gasteiger partial charge in [0.2, 0.25) is 0 Å². The van der Waals surface area contributed by atoms with Crippen LogP contribution in [0, 0.1) is 0 Å². The van der Waals surface area contributed by atoms with Crippen LogP contribution in [0.4, 0.5) is 18.9 Å². The van der Waals surface area contributed by atoms with Crippen LogP contribution in [-0.4, -0.2) is 23.9 Å². The third-order valence-corrected chi connectivity index (χ3v) is 3.06. The van der Waals surface area contributed by atoms with Gasteiger partial charge in [-0.1, -0.05) is 13.3 Å². The molecule has 0 fully saturated rings. The second-order valence-corrected chi connectivity index (χ2v) is 4.54. The van der Waals surface area contributed by atoms with E-state index in [1.165, 1.54) is 11.0 Å². The molecule has 0 saturated heterocycles. The normalized spacial score (nSPS) is 11.4. The summed E-state index contributed by atoms with van der Waals surface area (Å²) in [5.74, 6) is -0.397. The van der Waals surface area contributed by atoms with Crippen molar-refractivity contribution >= 4 is 11.6 Å². The topological polar surface area (TPSA) is 46.3 Å². The number of nitrogens with zero attached hydrogens (tertiary/aromatic N) is 1. The first-order valence-corrected chi connectivity index (χ1v) is 6.57. The number of nitrogens with two attached hydrogens (primary N) is 1. The third-order valence-electron chi connectivity index (χ3n) is 3.06. The van der Waals surface area contributed by atoms with Crippen molar-refractivity contribution in [2.45, 2.75) is 32.9 Å². The number of amides is 1. The Hall–Kier alpha value is -1.72. The van der Waals surface area contributed by atoms with Gasteiger partial charge in [-0.2, -0.15) is 13.2 Å². The number of benzene rings is 1. The van der Waals surface area contributed by atoms with Gasteiger partial charge >= 0.3 is 6.18 Å². The fourth-order valence-electron chi connectivity index (χ4n) is 1.87. The maximum Gasteiger partial charge on any atom is 0.418 e. The molecule has 0 unspecified atom stereocenters. The van der Waals surface area contributed by atoms with E-state index in [1.807, 2.05) is 6.92 Å². The Labute approximate surface area is 116 Å². The van der Waals surface area contributed by atoms with Crippen LogP contribution in [-0.2, 0) is 6.18 Å². The van der Waals surface area contributed by atoms with E-state index in [-0.39, 0.29) is 11.3 Å². The molecule has 1 aromatic rings. The molecule has 0 aromatic heterocycles. The molecule has 1 aromatic carbocycles. The van der Waals surface area contributed by atoms with E-state index in [1.54, 1.807) is 6.92 Å². The highest BCUT2D eigenvalue weighted by molar-refractivity contribution is 5.95. The van der Waals surface area contributed by atoms with Gasteiger partial charge in [-0.15, -0.1) is 0 Å². The van der Waals surface area contributed by atoms with E-state index >= 15 is 0 Å². The number of anilines is 1. The van der Waals surface area contributed by atoms with E-state index in [0.29, 0.717) is 13.1 Å². The maximum absolute atomic E-state index is 12.8. The summed E-state index contributed by atoms with van der Waals surface area (Å²) in [6.45, 7) is 4.79. The Bertz CT molecular complexity index is 472. The van der Waals surface area contributed by atoms with Gasteiger partial charge in [0, 0.05) is 24.3 Å². The largest absolute Gasteiger partial charge is 0.418 e.